The van der Waals surface area contributed by atoms with Crippen molar-refractivity contribution < 1.29 is 9.72 Å². The summed E-state index contributed by atoms with van der Waals surface area (Å²) in [6.45, 7) is 0. The molecule has 0 aliphatic heterocycles. The second kappa shape index (κ2) is 4.09. The normalized spacial score (nSPS) is 9.86. The van der Waals surface area contributed by atoms with E-state index in [-0.39, 0.29) is 16.3 Å². The molecule has 74 valence electrons. The molecule has 0 aromatic heterocycles. The van der Waals surface area contributed by atoms with Crippen molar-refractivity contribution in [2.24, 2.45) is 5.73 Å². The van der Waals surface area contributed by atoms with Crippen molar-refractivity contribution in [1.82, 2.24) is 0 Å². The summed E-state index contributed by atoms with van der Waals surface area (Å²) in [5, 5.41) is 10.3. The molecule has 0 aliphatic carbocycles. The number of halogens is 2. The van der Waals surface area contributed by atoms with Gasteiger partial charge < -0.3 is 5.73 Å². The molecule has 0 unspecified atom stereocenters. The number of benzene rings is 1. The van der Waals surface area contributed by atoms with Crippen molar-refractivity contribution in [1.29, 1.82) is 0 Å². The molecule has 0 saturated heterocycles. The van der Waals surface area contributed by atoms with Gasteiger partial charge in [-0.1, -0.05) is 11.6 Å². The average Bonchev–Trinajstić information content (AvgIpc) is 2.02. The predicted molar refractivity (Wildman–Crippen MR) is 59.3 cm³/mol. The van der Waals surface area contributed by atoms with Crippen LogP contribution in [0, 0.1) is 13.7 Å². The Balaban J connectivity index is 3.49. The summed E-state index contributed by atoms with van der Waals surface area (Å²) in [5.41, 5.74) is 4.70. The van der Waals surface area contributed by atoms with Gasteiger partial charge in [-0.3, -0.25) is 14.9 Å². The van der Waals surface area contributed by atoms with Crippen molar-refractivity contribution in [2.75, 3.05) is 0 Å². The van der Waals surface area contributed by atoms with E-state index in [0.29, 0.717) is 3.57 Å². The molecule has 1 aromatic carbocycles. The van der Waals surface area contributed by atoms with Gasteiger partial charge >= 0.3 is 0 Å². The van der Waals surface area contributed by atoms with Crippen molar-refractivity contribution in [3.8, 4) is 0 Å². The smallest absolute Gasteiger partial charge is 0.288 e. The second-order valence-corrected chi connectivity index (χ2v) is 3.92. The van der Waals surface area contributed by atoms with E-state index in [4.69, 9.17) is 17.3 Å². The van der Waals surface area contributed by atoms with E-state index in [1.807, 2.05) is 22.6 Å². The number of hydrogen-bond acceptors (Lipinski definition) is 3. The van der Waals surface area contributed by atoms with Crippen LogP contribution in [0.4, 0.5) is 5.69 Å². The molecule has 7 heteroatoms. The molecule has 0 spiro atoms. The summed E-state index contributed by atoms with van der Waals surface area (Å²) in [6.07, 6.45) is 0. The maximum Gasteiger partial charge on any atom is 0.288 e. The van der Waals surface area contributed by atoms with Crippen LogP contribution in [0.15, 0.2) is 12.1 Å². The molecule has 0 heterocycles. The van der Waals surface area contributed by atoms with Crippen LogP contribution in [-0.2, 0) is 0 Å². The van der Waals surface area contributed by atoms with E-state index in [1.165, 1.54) is 12.1 Å². The van der Waals surface area contributed by atoms with Gasteiger partial charge in [0.1, 0.15) is 5.02 Å². The van der Waals surface area contributed by atoms with E-state index in [0.717, 1.165) is 0 Å². The predicted octanol–water partition coefficient (Wildman–Crippen LogP) is 1.95. The van der Waals surface area contributed by atoms with Gasteiger partial charge in [0, 0.05) is 9.64 Å². The first-order valence-corrected chi connectivity index (χ1v) is 4.83. The Hall–Kier alpha value is -0.890. The third-order valence-corrected chi connectivity index (χ3v) is 2.80. The lowest BCUT2D eigenvalue weighted by molar-refractivity contribution is -0.384. The van der Waals surface area contributed by atoms with Gasteiger partial charge in [-0.15, -0.1) is 0 Å². The number of nitrogens with two attached hydrogens (primary N) is 1. The molecule has 0 saturated carbocycles. The molecule has 0 aliphatic rings. The number of hydrogen-bond donors (Lipinski definition) is 1. The number of carbonyl (C=O) groups excluding carboxylic acids is 1. The van der Waals surface area contributed by atoms with Gasteiger partial charge in [0.25, 0.3) is 11.6 Å². The Morgan fingerprint density at radius 1 is 1.57 bits per heavy atom. The van der Waals surface area contributed by atoms with Crippen LogP contribution in [0.2, 0.25) is 5.02 Å². The molecule has 0 atom stereocenters. The highest BCUT2D eigenvalue weighted by atomic mass is 127. The summed E-state index contributed by atoms with van der Waals surface area (Å²) in [4.78, 5) is 20.7. The topological polar surface area (TPSA) is 86.2 Å². The summed E-state index contributed by atoms with van der Waals surface area (Å²) in [6, 6.07) is 2.65. The molecule has 14 heavy (non-hydrogen) atoms. The van der Waals surface area contributed by atoms with Gasteiger partial charge in [0.05, 0.1) is 10.5 Å². The van der Waals surface area contributed by atoms with Crippen LogP contribution in [0.5, 0.6) is 0 Å². The molecular weight excluding hydrogens is 322 g/mol. The molecule has 0 radical (unpaired) electrons. The lowest BCUT2D eigenvalue weighted by Gasteiger charge is -2.02. The zero-order valence-corrected chi connectivity index (χ0v) is 9.57. The standard InChI is InChI=1S/C7H4ClIN2O3/c8-6-4(11(13)14)2-1-3(9)5(6)7(10)12/h1-2H,(H2,10,12). The monoisotopic (exact) mass is 326 g/mol. The molecule has 2 N–H and O–H groups in total. The Morgan fingerprint density at radius 3 is 2.57 bits per heavy atom. The Labute approximate surface area is 97.5 Å². The number of nitro groups is 1. The third kappa shape index (κ3) is 1.95. The first-order valence-electron chi connectivity index (χ1n) is 3.37. The SMILES string of the molecule is NC(=O)c1c(I)ccc([N+](=O)[O-])c1Cl. The zero-order chi connectivity index (χ0) is 10.9. The minimum atomic E-state index is -0.775. The van der Waals surface area contributed by atoms with Crippen molar-refractivity contribution in [3.05, 3.63) is 36.4 Å². The van der Waals surface area contributed by atoms with Crippen LogP contribution in [0.3, 0.4) is 0 Å². The first-order chi connectivity index (χ1) is 6.45. The van der Waals surface area contributed by atoms with Crippen molar-refractivity contribution in [2.45, 2.75) is 0 Å². The first kappa shape index (κ1) is 11.2. The minimum absolute atomic E-state index is 0.0125. The summed E-state index contributed by atoms with van der Waals surface area (Å²) in [5.74, 6) is -0.775. The lowest BCUT2D eigenvalue weighted by atomic mass is 10.2. The summed E-state index contributed by atoms with van der Waals surface area (Å²) < 4.78 is 0.491. The maximum atomic E-state index is 10.9. The molecule has 1 rings (SSSR count). The van der Waals surface area contributed by atoms with Crippen LogP contribution < -0.4 is 5.73 Å². The number of carbonyl (C=O) groups is 1. The summed E-state index contributed by atoms with van der Waals surface area (Å²) >= 11 is 7.49. The highest BCUT2D eigenvalue weighted by molar-refractivity contribution is 14.1. The highest BCUT2D eigenvalue weighted by Crippen LogP contribution is 2.30. The number of rotatable bonds is 2. The van der Waals surface area contributed by atoms with Crippen LogP contribution >= 0.6 is 34.2 Å². The van der Waals surface area contributed by atoms with Crippen LogP contribution in [0.25, 0.3) is 0 Å². The molecule has 5 nitrogen and oxygen atoms in total. The molecule has 0 bridgehead atoms. The largest absolute Gasteiger partial charge is 0.366 e. The maximum absolute atomic E-state index is 10.9. The van der Waals surface area contributed by atoms with Gasteiger partial charge in [-0.2, -0.15) is 0 Å². The molecule has 1 aromatic rings. The van der Waals surface area contributed by atoms with Crippen LogP contribution in [-0.4, -0.2) is 10.8 Å². The molecular formula is C7H4ClIN2O3. The van der Waals surface area contributed by atoms with Crippen LogP contribution in [0.1, 0.15) is 10.4 Å². The number of amides is 1. The van der Waals surface area contributed by atoms with Gasteiger partial charge in [-0.25, -0.2) is 0 Å². The molecule has 1 amide bonds. The quantitative estimate of drug-likeness (QED) is 0.512. The van der Waals surface area contributed by atoms with Gasteiger partial charge in [0.2, 0.25) is 0 Å². The molecule has 0 fully saturated rings. The van der Waals surface area contributed by atoms with E-state index in [2.05, 4.69) is 0 Å². The fraction of sp³-hybridized carbons (Fsp3) is 0. The minimum Gasteiger partial charge on any atom is -0.366 e. The Bertz CT molecular complexity index is 422. The van der Waals surface area contributed by atoms with Gasteiger partial charge in [-0.05, 0) is 28.7 Å². The Kier molecular flexibility index (Phi) is 3.27. The van der Waals surface area contributed by atoms with E-state index >= 15 is 0 Å². The fourth-order valence-corrected chi connectivity index (χ4v) is 2.11. The lowest BCUT2D eigenvalue weighted by Crippen LogP contribution is -2.14. The third-order valence-electron chi connectivity index (χ3n) is 1.51. The van der Waals surface area contributed by atoms with E-state index < -0.39 is 10.8 Å². The number of nitrogens with zero attached hydrogens (tertiary/aromatic N) is 1. The van der Waals surface area contributed by atoms with E-state index in [1.54, 1.807) is 0 Å². The number of nitro benzene ring substituents is 1. The van der Waals surface area contributed by atoms with Gasteiger partial charge in [0.15, 0.2) is 0 Å². The fourth-order valence-electron chi connectivity index (χ4n) is 0.908. The van der Waals surface area contributed by atoms with Crippen molar-refractivity contribution in [3.63, 3.8) is 0 Å². The second-order valence-electron chi connectivity index (χ2n) is 2.38. The number of primary amides is 1. The summed E-state index contributed by atoms with van der Waals surface area (Å²) in [7, 11) is 0. The average molecular weight is 326 g/mol. The Morgan fingerprint density at radius 2 is 2.14 bits per heavy atom. The van der Waals surface area contributed by atoms with Crippen molar-refractivity contribution >= 4 is 45.8 Å². The highest BCUT2D eigenvalue weighted by Gasteiger charge is 2.21. The zero-order valence-electron chi connectivity index (χ0n) is 6.66. The van der Waals surface area contributed by atoms with E-state index in [9.17, 15) is 14.9 Å².